The number of sulfonamides is 1. The lowest BCUT2D eigenvalue weighted by molar-refractivity contribution is 0.0977. The van der Waals surface area contributed by atoms with Crippen molar-refractivity contribution in [2.45, 2.75) is 12.8 Å². The van der Waals surface area contributed by atoms with E-state index in [4.69, 9.17) is 0 Å². The van der Waals surface area contributed by atoms with Gasteiger partial charge in [-0.05, 0) is 30.9 Å². The minimum Gasteiger partial charge on any atom is -0.268 e. The average molecular weight is 257 g/mol. The Morgan fingerprint density at radius 1 is 1.35 bits per heavy atom. The van der Waals surface area contributed by atoms with E-state index in [1.165, 1.54) is 18.2 Å². The second-order valence-electron chi connectivity index (χ2n) is 4.14. The lowest BCUT2D eigenvalue weighted by Gasteiger charge is -2.06. The maximum atomic E-state index is 13.2. The lowest BCUT2D eigenvalue weighted by atomic mass is 10.2. The summed E-state index contributed by atoms with van der Waals surface area (Å²) < 4.78 is 38.2. The van der Waals surface area contributed by atoms with E-state index in [1.54, 1.807) is 0 Å². The van der Waals surface area contributed by atoms with Crippen LogP contribution in [-0.4, -0.2) is 20.1 Å². The van der Waals surface area contributed by atoms with Crippen molar-refractivity contribution in [3.05, 3.63) is 35.6 Å². The Hall–Kier alpha value is -1.43. The van der Waals surface area contributed by atoms with Crippen LogP contribution in [-0.2, 0) is 10.0 Å². The van der Waals surface area contributed by atoms with Crippen molar-refractivity contribution < 1.29 is 17.6 Å². The van der Waals surface area contributed by atoms with E-state index >= 15 is 0 Å². The number of halogens is 1. The van der Waals surface area contributed by atoms with Crippen molar-refractivity contribution in [1.29, 1.82) is 0 Å². The van der Waals surface area contributed by atoms with Crippen LogP contribution in [0.15, 0.2) is 24.3 Å². The van der Waals surface area contributed by atoms with Gasteiger partial charge in [0.25, 0.3) is 5.91 Å². The van der Waals surface area contributed by atoms with Crippen molar-refractivity contribution in [2.24, 2.45) is 5.92 Å². The molecule has 17 heavy (non-hydrogen) atoms. The molecule has 0 bridgehead atoms. The first-order valence-electron chi connectivity index (χ1n) is 5.27. The minimum atomic E-state index is -3.65. The predicted molar refractivity (Wildman–Crippen MR) is 60.4 cm³/mol. The van der Waals surface area contributed by atoms with Gasteiger partial charge in [0.2, 0.25) is 10.0 Å². The smallest absolute Gasteiger partial charge is 0.267 e. The van der Waals surface area contributed by atoms with Crippen LogP contribution in [0.1, 0.15) is 23.2 Å². The van der Waals surface area contributed by atoms with Gasteiger partial charge in [-0.2, -0.15) is 0 Å². The fourth-order valence-corrected chi connectivity index (χ4v) is 2.91. The summed E-state index contributed by atoms with van der Waals surface area (Å²) in [5.74, 6) is -1.57. The van der Waals surface area contributed by atoms with Crippen molar-refractivity contribution in [3.8, 4) is 0 Å². The maximum absolute atomic E-state index is 13.2. The van der Waals surface area contributed by atoms with Crippen LogP contribution in [0.3, 0.4) is 0 Å². The first-order chi connectivity index (χ1) is 7.98. The molecular formula is C11H12FNO3S. The van der Waals surface area contributed by atoms with E-state index in [0.29, 0.717) is 0 Å². The summed E-state index contributed by atoms with van der Waals surface area (Å²) >= 11 is 0. The lowest BCUT2D eigenvalue weighted by Crippen LogP contribution is -2.33. The molecule has 1 N–H and O–H groups in total. The quantitative estimate of drug-likeness (QED) is 0.884. The fourth-order valence-electron chi connectivity index (χ4n) is 1.48. The van der Waals surface area contributed by atoms with E-state index in [1.807, 2.05) is 4.72 Å². The molecule has 0 spiro atoms. The zero-order valence-electron chi connectivity index (χ0n) is 9.02. The summed E-state index contributed by atoms with van der Waals surface area (Å²) in [5.41, 5.74) is -0.258. The molecule has 0 unspecified atom stereocenters. The number of hydrogen-bond acceptors (Lipinski definition) is 3. The van der Waals surface area contributed by atoms with Crippen LogP contribution in [0.25, 0.3) is 0 Å². The molecule has 1 aliphatic carbocycles. The molecule has 1 fully saturated rings. The van der Waals surface area contributed by atoms with E-state index < -0.39 is 21.7 Å². The molecule has 4 nitrogen and oxygen atoms in total. The number of carbonyl (C=O) groups is 1. The summed E-state index contributed by atoms with van der Waals surface area (Å²) in [4.78, 5) is 11.6. The third kappa shape index (κ3) is 3.26. The number of amides is 1. The van der Waals surface area contributed by atoms with E-state index in [0.717, 1.165) is 18.9 Å². The Labute approximate surface area is 98.9 Å². The molecule has 6 heteroatoms. The Morgan fingerprint density at radius 2 is 2.00 bits per heavy atom. The molecule has 0 aromatic heterocycles. The molecule has 1 aromatic carbocycles. The first kappa shape index (κ1) is 12.0. The fraction of sp³-hybridized carbons (Fsp3) is 0.364. The van der Waals surface area contributed by atoms with Crippen LogP contribution in [0, 0.1) is 11.7 Å². The van der Waals surface area contributed by atoms with Gasteiger partial charge in [-0.1, -0.05) is 12.1 Å². The highest BCUT2D eigenvalue weighted by Gasteiger charge is 2.29. The van der Waals surface area contributed by atoms with Gasteiger partial charge in [0.15, 0.2) is 0 Å². The number of hydrogen-bond donors (Lipinski definition) is 1. The normalized spacial score (nSPS) is 15.6. The zero-order valence-corrected chi connectivity index (χ0v) is 9.84. The average Bonchev–Trinajstić information content (AvgIpc) is 3.00. The van der Waals surface area contributed by atoms with Crippen molar-refractivity contribution >= 4 is 15.9 Å². The molecule has 0 aliphatic heterocycles. The Balaban J connectivity index is 2.08. The van der Waals surface area contributed by atoms with Gasteiger partial charge < -0.3 is 0 Å². The van der Waals surface area contributed by atoms with Crippen molar-refractivity contribution in [3.63, 3.8) is 0 Å². The monoisotopic (exact) mass is 257 g/mol. The number of carbonyl (C=O) groups excluding carboxylic acids is 1. The predicted octanol–water partition coefficient (Wildman–Crippen LogP) is 1.30. The molecule has 0 radical (unpaired) electrons. The highest BCUT2D eigenvalue weighted by molar-refractivity contribution is 7.90. The van der Waals surface area contributed by atoms with Gasteiger partial charge in [-0.25, -0.2) is 17.5 Å². The van der Waals surface area contributed by atoms with Gasteiger partial charge in [-0.3, -0.25) is 4.79 Å². The molecule has 0 heterocycles. The number of rotatable bonds is 4. The molecular weight excluding hydrogens is 245 g/mol. The maximum Gasteiger partial charge on any atom is 0.267 e. The summed E-state index contributed by atoms with van der Waals surface area (Å²) in [6.07, 6.45) is 1.74. The first-order valence-corrected chi connectivity index (χ1v) is 6.92. The number of benzene rings is 1. The molecule has 1 saturated carbocycles. The molecule has 92 valence electrons. The van der Waals surface area contributed by atoms with Crippen LogP contribution in [0.4, 0.5) is 4.39 Å². The van der Waals surface area contributed by atoms with Gasteiger partial charge in [0.05, 0.1) is 11.3 Å². The molecule has 1 aliphatic rings. The van der Waals surface area contributed by atoms with Gasteiger partial charge in [0, 0.05) is 0 Å². The van der Waals surface area contributed by atoms with Gasteiger partial charge in [-0.15, -0.1) is 0 Å². The topological polar surface area (TPSA) is 63.2 Å². The summed E-state index contributed by atoms with van der Waals surface area (Å²) in [5, 5.41) is 0. The molecule has 1 amide bonds. The molecule has 2 rings (SSSR count). The Morgan fingerprint density at radius 3 is 2.59 bits per heavy atom. The third-order valence-electron chi connectivity index (χ3n) is 2.52. The second kappa shape index (κ2) is 4.44. The minimum absolute atomic E-state index is 0.0623. The van der Waals surface area contributed by atoms with E-state index in [2.05, 4.69) is 0 Å². The van der Waals surface area contributed by atoms with Crippen molar-refractivity contribution in [1.82, 2.24) is 4.72 Å². The molecule has 0 saturated heterocycles. The van der Waals surface area contributed by atoms with E-state index in [-0.39, 0.29) is 17.2 Å². The molecule has 0 atom stereocenters. The van der Waals surface area contributed by atoms with Gasteiger partial charge in [0.1, 0.15) is 5.82 Å². The van der Waals surface area contributed by atoms with Crippen molar-refractivity contribution in [2.75, 3.05) is 5.75 Å². The third-order valence-corrected chi connectivity index (χ3v) is 3.93. The zero-order chi connectivity index (χ0) is 12.5. The Kier molecular flexibility index (Phi) is 3.15. The van der Waals surface area contributed by atoms with Crippen LogP contribution in [0.2, 0.25) is 0 Å². The standard InChI is InChI=1S/C11H12FNO3S/c12-10-4-2-1-3-9(10)11(14)13-17(15,16)7-8-5-6-8/h1-4,8H,5-7H2,(H,13,14). The van der Waals surface area contributed by atoms with Crippen LogP contribution >= 0.6 is 0 Å². The highest BCUT2D eigenvalue weighted by Crippen LogP contribution is 2.29. The summed E-state index contributed by atoms with van der Waals surface area (Å²) in [7, 11) is -3.65. The SMILES string of the molecule is O=C(NS(=O)(=O)CC1CC1)c1ccccc1F. The van der Waals surface area contributed by atoms with E-state index in [9.17, 15) is 17.6 Å². The second-order valence-corrected chi connectivity index (χ2v) is 5.90. The largest absolute Gasteiger partial charge is 0.268 e. The highest BCUT2D eigenvalue weighted by atomic mass is 32.2. The van der Waals surface area contributed by atoms with Crippen LogP contribution in [0.5, 0.6) is 0 Å². The Bertz CT molecular complexity index is 537. The summed E-state index contributed by atoms with van der Waals surface area (Å²) in [6, 6.07) is 5.27. The van der Waals surface area contributed by atoms with Gasteiger partial charge >= 0.3 is 0 Å². The number of nitrogens with one attached hydrogen (secondary N) is 1. The molecule has 1 aromatic rings. The van der Waals surface area contributed by atoms with Crippen LogP contribution < -0.4 is 4.72 Å². The summed E-state index contributed by atoms with van der Waals surface area (Å²) in [6.45, 7) is 0.